The van der Waals surface area contributed by atoms with Gasteiger partial charge < -0.3 is 15.2 Å². The molecular formula is C13H16N2O6. The summed E-state index contributed by atoms with van der Waals surface area (Å²) < 4.78 is 5.00. The molecule has 1 aromatic carbocycles. The number of hydrogen-bond acceptors (Lipinski definition) is 5. The number of nitrogens with zero attached hydrogens (tertiary/aromatic N) is 1. The zero-order chi connectivity index (χ0) is 16.4. The lowest BCUT2D eigenvalue weighted by Crippen LogP contribution is -2.49. The topological polar surface area (TPSA) is 119 Å². The monoisotopic (exact) mass is 296 g/mol. The van der Waals surface area contributed by atoms with Crippen LogP contribution in [-0.4, -0.2) is 34.6 Å². The number of aliphatic carboxylic acids is 1. The van der Waals surface area contributed by atoms with E-state index >= 15 is 0 Å². The lowest BCUT2D eigenvalue weighted by molar-refractivity contribution is -0.385. The van der Waals surface area contributed by atoms with Gasteiger partial charge in [-0.3, -0.25) is 14.9 Å². The Morgan fingerprint density at radius 1 is 1.38 bits per heavy atom. The molecule has 1 aromatic rings. The summed E-state index contributed by atoms with van der Waals surface area (Å²) in [5.74, 6) is -1.77. The molecule has 0 aromatic heterocycles. The molecule has 8 heteroatoms. The molecule has 21 heavy (non-hydrogen) atoms. The van der Waals surface area contributed by atoms with Crippen LogP contribution in [0.15, 0.2) is 12.1 Å². The fourth-order valence-corrected chi connectivity index (χ4v) is 1.62. The third kappa shape index (κ3) is 3.47. The van der Waals surface area contributed by atoms with Gasteiger partial charge in [-0.1, -0.05) is 0 Å². The highest BCUT2D eigenvalue weighted by Gasteiger charge is 2.30. The van der Waals surface area contributed by atoms with Gasteiger partial charge in [-0.25, -0.2) is 4.79 Å². The van der Waals surface area contributed by atoms with Gasteiger partial charge in [0.05, 0.1) is 17.6 Å². The Morgan fingerprint density at radius 3 is 2.38 bits per heavy atom. The second-order valence-corrected chi connectivity index (χ2v) is 4.96. The minimum atomic E-state index is -1.50. The molecule has 0 aliphatic rings. The molecule has 0 fully saturated rings. The van der Waals surface area contributed by atoms with Gasteiger partial charge in [-0.15, -0.1) is 0 Å². The first-order chi connectivity index (χ1) is 9.60. The maximum atomic E-state index is 12.1. The molecule has 1 amide bonds. The standard InChI is InChI=1S/C13H16N2O6/c1-7-9(15(19)20)5-8(6-10(7)21-4)11(16)14-13(2,3)12(17)18/h5-6H,1-4H3,(H,14,16)(H,17,18). The van der Waals surface area contributed by atoms with Gasteiger partial charge in [0.15, 0.2) is 0 Å². The number of amides is 1. The number of nitrogens with one attached hydrogen (secondary N) is 1. The number of carboxylic acid groups (broad SMARTS) is 1. The molecule has 0 unspecified atom stereocenters. The van der Waals surface area contributed by atoms with Gasteiger partial charge in [-0.2, -0.15) is 0 Å². The number of nitro benzene ring substituents is 1. The maximum Gasteiger partial charge on any atom is 0.328 e. The highest BCUT2D eigenvalue weighted by Crippen LogP contribution is 2.29. The first-order valence-corrected chi connectivity index (χ1v) is 5.99. The number of rotatable bonds is 5. The molecule has 0 atom stereocenters. The minimum absolute atomic E-state index is 0.0431. The smallest absolute Gasteiger partial charge is 0.328 e. The Bertz CT molecular complexity index is 609. The number of carbonyl (C=O) groups excluding carboxylic acids is 1. The molecule has 114 valence electrons. The van der Waals surface area contributed by atoms with E-state index in [1.807, 2.05) is 0 Å². The van der Waals surface area contributed by atoms with E-state index < -0.39 is 22.3 Å². The van der Waals surface area contributed by atoms with E-state index in [4.69, 9.17) is 9.84 Å². The molecule has 0 heterocycles. The second-order valence-electron chi connectivity index (χ2n) is 4.96. The average molecular weight is 296 g/mol. The summed E-state index contributed by atoms with van der Waals surface area (Å²) in [4.78, 5) is 33.4. The van der Waals surface area contributed by atoms with Crippen molar-refractivity contribution in [3.05, 3.63) is 33.4 Å². The lowest BCUT2D eigenvalue weighted by Gasteiger charge is -2.21. The molecule has 0 bridgehead atoms. The van der Waals surface area contributed by atoms with Crippen LogP contribution in [0.4, 0.5) is 5.69 Å². The van der Waals surface area contributed by atoms with E-state index in [1.54, 1.807) is 0 Å². The fourth-order valence-electron chi connectivity index (χ4n) is 1.62. The Morgan fingerprint density at radius 2 is 1.95 bits per heavy atom. The quantitative estimate of drug-likeness (QED) is 0.628. The fraction of sp³-hybridized carbons (Fsp3) is 0.385. The molecule has 2 N–H and O–H groups in total. The Hall–Kier alpha value is -2.64. The lowest BCUT2D eigenvalue weighted by atomic mass is 10.0. The number of methoxy groups -OCH3 is 1. The van der Waals surface area contributed by atoms with E-state index in [1.165, 1.54) is 33.9 Å². The number of ether oxygens (including phenoxy) is 1. The minimum Gasteiger partial charge on any atom is -0.496 e. The molecule has 0 radical (unpaired) electrons. The largest absolute Gasteiger partial charge is 0.496 e. The van der Waals surface area contributed by atoms with Crippen LogP contribution in [-0.2, 0) is 4.79 Å². The zero-order valence-corrected chi connectivity index (χ0v) is 12.1. The summed E-state index contributed by atoms with van der Waals surface area (Å²) in [7, 11) is 1.33. The van der Waals surface area contributed by atoms with Crippen molar-refractivity contribution in [2.45, 2.75) is 26.3 Å². The van der Waals surface area contributed by atoms with Crippen LogP contribution in [0.1, 0.15) is 29.8 Å². The van der Waals surface area contributed by atoms with Crippen molar-refractivity contribution in [3.8, 4) is 5.75 Å². The van der Waals surface area contributed by atoms with Gasteiger partial charge in [-0.05, 0) is 26.8 Å². The van der Waals surface area contributed by atoms with Gasteiger partial charge in [0.1, 0.15) is 11.3 Å². The number of nitro groups is 1. The summed E-state index contributed by atoms with van der Waals surface area (Å²) in [6.45, 7) is 4.12. The molecule has 0 aliphatic carbocycles. The van der Waals surface area contributed by atoms with Gasteiger partial charge in [0, 0.05) is 11.6 Å². The number of benzene rings is 1. The van der Waals surface area contributed by atoms with Crippen molar-refractivity contribution >= 4 is 17.6 Å². The van der Waals surface area contributed by atoms with Crippen LogP contribution in [0, 0.1) is 17.0 Å². The maximum absolute atomic E-state index is 12.1. The van der Waals surface area contributed by atoms with Crippen LogP contribution < -0.4 is 10.1 Å². The van der Waals surface area contributed by atoms with Gasteiger partial charge in [0.25, 0.3) is 11.6 Å². The molecule has 0 spiro atoms. The number of hydrogen-bond donors (Lipinski definition) is 2. The Balaban J connectivity index is 3.25. The Labute approximate surface area is 120 Å². The normalized spacial score (nSPS) is 10.9. The van der Waals surface area contributed by atoms with Gasteiger partial charge in [0.2, 0.25) is 0 Å². The highest BCUT2D eigenvalue weighted by molar-refractivity contribution is 5.98. The van der Waals surface area contributed by atoms with Crippen molar-refractivity contribution in [2.75, 3.05) is 7.11 Å². The van der Waals surface area contributed by atoms with Crippen molar-refractivity contribution < 1.29 is 24.4 Å². The predicted octanol–water partition coefficient (Wildman–Crippen LogP) is 1.50. The molecule has 8 nitrogen and oxygen atoms in total. The van der Waals surface area contributed by atoms with Crippen molar-refractivity contribution in [3.63, 3.8) is 0 Å². The van der Waals surface area contributed by atoms with E-state index in [0.717, 1.165) is 6.07 Å². The first kappa shape index (κ1) is 16.4. The third-order valence-corrected chi connectivity index (χ3v) is 2.97. The van der Waals surface area contributed by atoms with Crippen LogP contribution in [0.25, 0.3) is 0 Å². The van der Waals surface area contributed by atoms with Crippen LogP contribution >= 0.6 is 0 Å². The molecule has 0 aliphatic heterocycles. The van der Waals surface area contributed by atoms with Crippen LogP contribution in [0.3, 0.4) is 0 Å². The third-order valence-electron chi connectivity index (χ3n) is 2.97. The molecular weight excluding hydrogens is 280 g/mol. The summed E-state index contributed by atoms with van der Waals surface area (Å²) in [5, 5.41) is 22.3. The van der Waals surface area contributed by atoms with Crippen molar-refractivity contribution in [1.29, 1.82) is 0 Å². The SMILES string of the molecule is COc1cc(C(=O)NC(C)(C)C(=O)O)cc([N+](=O)[O-])c1C. The number of carboxylic acids is 1. The van der Waals surface area contributed by atoms with Crippen molar-refractivity contribution in [1.82, 2.24) is 5.32 Å². The van der Waals surface area contributed by atoms with E-state index in [9.17, 15) is 19.7 Å². The average Bonchev–Trinajstić information content (AvgIpc) is 2.37. The van der Waals surface area contributed by atoms with E-state index in [-0.39, 0.29) is 22.6 Å². The highest BCUT2D eigenvalue weighted by atomic mass is 16.6. The zero-order valence-electron chi connectivity index (χ0n) is 12.1. The first-order valence-electron chi connectivity index (χ1n) is 5.99. The summed E-state index contributed by atoms with van der Waals surface area (Å²) in [6, 6.07) is 2.42. The molecule has 0 saturated heterocycles. The summed E-state index contributed by atoms with van der Waals surface area (Å²) in [6.07, 6.45) is 0. The summed E-state index contributed by atoms with van der Waals surface area (Å²) in [5.41, 5.74) is -1.52. The van der Waals surface area contributed by atoms with Crippen LogP contribution in [0.5, 0.6) is 5.75 Å². The number of carbonyl (C=O) groups is 2. The molecule has 0 saturated carbocycles. The van der Waals surface area contributed by atoms with Crippen LogP contribution in [0.2, 0.25) is 0 Å². The van der Waals surface area contributed by atoms with Gasteiger partial charge >= 0.3 is 5.97 Å². The predicted molar refractivity (Wildman–Crippen MR) is 73.6 cm³/mol. The van der Waals surface area contributed by atoms with Crippen molar-refractivity contribution in [2.24, 2.45) is 0 Å². The second kappa shape index (κ2) is 5.78. The Kier molecular flexibility index (Phi) is 4.52. The molecule has 1 rings (SSSR count). The summed E-state index contributed by atoms with van der Waals surface area (Å²) >= 11 is 0. The van der Waals surface area contributed by atoms with E-state index in [2.05, 4.69) is 5.32 Å². The van der Waals surface area contributed by atoms with E-state index in [0.29, 0.717) is 0 Å².